The van der Waals surface area contributed by atoms with E-state index in [-0.39, 0.29) is 28.1 Å². The van der Waals surface area contributed by atoms with Gasteiger partial charge in [0.15, 0.2) is 0 Å². The van der Waals surface area contributed by atoms with Gasteiger partial charge in [-0.3, -0.25) is 0 Å². The van der Waals surface area contributed by atoms with Crippen LogP contribution in [0.5, 0.6) is 5.75 Å². The van der Waals surface area contributed by atoms with E-state index < -0.39 is 12.0 Å². The maximum Gasteiger partial charge on any atom is 0.573 e. The predicted molar refractivity (Wildman–Crippen MR) is 124 cm³/mol. The average molecular weight is 548 g/mol. The molecule has 0 unspecified atom stereocenters. The number of piperidine rings is 3. The first-order valence-electron chi connectivity index (χ1n) is 11.8. The Bertz CT molecular complexity index is 1060. The summed E-state index contributed by atoms with van der Waals surface area (Å²) >= 11 is 0. The second-order valence-electron chi connectivity index (χ2n) is 9.84. The molecule has 0 radical (unpaired) electrons. The summed E-state index contributed by atoms with van der Waals surface area (Å²) in [4.78, 5) is 0. The number of halogens is 4. The van der Waals surface area contributed by atoms with Gasteiger partial charge in [0.25, 0.3) is 0 Å². The fraction of sp³-hybridized carbons (Fsp3) is 0.357. The number of fused-ring (bicyclic) bond motifs is 3. The van der Waals surface area contributed by atoms with E-state index in [0.717, 1.165) is 66.6 Å². The summed E-state index contributed by atoms with van der Waals surface area (Å²) in [6.07, 6.45) is -2.01. The lowest BCUT2D eigenvalue weighted by Gasteiger charge is -2.60. The molecule has 35 heavy (non-hydrogen) atoms. The molecule has 0 aliphatic carbocycles. The molecule has 6 rings (SSSR count). The summed E-state index contributed by atoms with van der Waals surface area (Å²) < 4.78 is 42.3. The van der Waals surface area contributed by atoms with Crippen molar-refractivity contribution in [2.24, 2.45) is 5.41 Å². The standard InChI is InChI=1S/C28H29F3NO2.BrH/c29-28(30,31)34-25-13-11-22(12-14-25)21-32-18-15-26(16-19-32,17-20-32)27(33,23-7-3-1-4-8-23)24-9-5-2-6-10-24;/h1-14,33H,15-21H2;1H/q+1;/p-1. The van der Waals surface area contributed by atoms with Crippen LogP contribution in [0.4, 0.5) is 13.2 Å². The minimum absolute atomic E-state index is 0. The Hall–Kier alpha value is -2.35. The molecule has 3 heterocycles. The van der Waals surface area contributed by atoms with E-state index in [4.69, 9.17) is 0 Å². The quantitative estimate of drug-likeness (QED) is 0.481. The molecule has 3 saturated heterocycles. The zero-order chi connectivity index (χ0) is 23.9. The largest absolute Gasteiger partial charge is 1.00 e. The second kappa shape index (κ2) is 9.60. The van der Waals surface area contributed by atoms with Crippen molar-refractivity contribution in [3.05, 3.63) is 102 Å². The lowest BCUT2D eigenvalue weighted by atomic mass is 9.56. The fourth-order valence-electron chi connectivity index (χ4n) is 6.17. The molecule has 3 aliphatic heterocycles. The molecule has 0 atom stereocenters. The maximum atomic E-state index is 12.5. The molecule has 1 N–H and O–H groups in total. The number of quaternary nitrogens is 1. The van der Waals surface area contributed by atoms with Gasteiger partial charge in [-0.05, 0) is 35.4 Å². The molecule has 3 aliphatic rings. The van der Waals surface area contributed by atoms with Crippen LogP contribution >= 0.6 is 0 Å². The Balaban J connectivity index is 0.00000289. The van der Waals surface area contributed by atoms with Crippen molar-refractivity contribution in [1.82, 2.24) is 0 Å². The van der Waals surface area contributed by atoms with Gasteiger partial charge in [0, 0.05) is 30.2 Å². The van der Waals surface area contributed by atoms with Gasteiger partial charge in [0.1, 0.15) is 17.9 Å². The van der Waals surface area contributed by atoms with E-state index in [1.54, 1.807) is 12.1 Å². The van der Waals surface area contributed by atoms with E-state index in [9.17, 15) is 18.3 Å². The second-order valence-corrected chi connectivity index (χ2v) is 9.84. The van der Waals surface area contributed by atoms with Crippen LogP contribution < -0.4 is 21.7 Å². The lowest BCUT2D eigenvalue weighted by Crippen LogP contribution is -3.00. The Morgan fingerprint density at radius 1 is 0.743 bits per heavy atom. The van der Waals surface area contributed by atoms with Crippen molar-refractivity contribution in [2.45, 2.75) is 37.8 Å². The van der Waals surface area contributed by atoms with Gasteiger partial charge in [0.05, 0.1) is 19.6 Å². The molecular weight excluding hydrogens is 519 g/mol. The molecule has 3 fully saturated rings. The van der Waals surface area contributed by atoms with Gasteiger partial charge < -0.3 is 31.3 Å². The molecule has 3 nitrogen and oxygen atoms in total. The SMILES string of the molecule is OC(c1ccccc1)(c1ccccc1)C12CC[N+](Cc3ccc(OC(F)(F)F)cc3)(CC1)CC2.[Br-]. The molecule has 0 amide bonds. The smallest absolute Gasteiger partial charge is 0.573 e. The van der Waals surface area contributed by atoms with Gasteiger partial charge >= 0.3 is 6.36 Å². The topological polar surface area (TPSA) is 29.5 Å². The third kappa shape index (κ3) is 4.86. The minimum atomic E-state index is -4.68. The van der Waals surface area contributed by atoms with Crippen molar-refractivity contribution in [3.63, 3.8) is 0 Å². The number of ether oxygens (including phenoxy) is 1. The third-order valence-electron chi connectivity index (χ3n) is 8.02. The first-order valence-corrected chi connectivity index (χ1v) is 11.8. The van der Waals surface area contributed by atoms with Gasteiger partial charge in [-0.15, -0.1) is 13.2 Å². The van der Waals surface area contributed by atoms with Crippen molar-refractivity contribution in [3.8, 4) is 5.75 Å². The summed E-state index contributed by atoms with van der Waals surface area (Å²) in [5.74, 6) is -0.191. The first-order chi connectivity index (χ1) is 16.2. The van der Waals surface area contributed by atoms with Crippen LogP contribution in [-0.2, 0) is 12.1 Å². The summed E-state index contributed by atoms with van der Waals surface area (Å²) in [5.41, 5.74) is 1.56. The summed E-state index contributed by atoms with van der Waals surface area (Å²) in [5, 5.41) is 12.4. The van der Waals surface area contributed by atoms with Gasteiger partial charge in [-0.25, -0.2) is 0 Å². The molecule has 186 valence electrons. The van der Waals surface area contributed by atoms with Gasteiger partial charge in [0.2, 0.25) is 0 Å². The molecule has 2 bridgehead atoms. The van der Waals surface area contributed by atoms with E-state index >= 15 is 0 Å². The van der Waals surface area contributed by atoms with Crippen molar-refractivity contribution in [1.29, 1.82) is 0 Å². The highest BCUT2D eigenvalue weighted by atomic mass is 79.9. The summed E-state index contributed by atoms with van der Waals surface area (Å²) in [6.45, 7) is 3.58. The summed E-state index contributed by atoms with van der Waals surface area (Å²) in [6, 6.07) is 26.2. The molecule has 0 spiro atoms. The van der Waals surface area contributed by atoms with Gasteiger partial charge in [-0.1, -0.05) is 60.7 Å². The number of alkyl halides is 3. The van der Waals surface area contributed by atoms with Crippen LogP contribution in [0.25, 0.3) is 0 Å². The van der Waals surface area contributed by atoms with Crippen LogP contribution in [0.3, 0.4) is 0 Å². The Morgan fingerprint density at radius 3 is 1.63 bits per heavy atom. The number of aliphatic hydroxyl groups is 1. The Morgan fingerprint density at radius 2 is 1.20 bits per heavy atom. The van der Waals surface area contributed by atoms with E-state index in [1.807, 2.05) is 60.7 Å². The molecule has 3 aromatic carbocycles. The number of nitrogens with zero attached hydrogens (tertiary/aromatic N) is 1. The maximum absolute atomic E-state index is 12.5. The van der Waals surface area contributed by atoms with Crippen LogP contribution in [0, 0.1) is 5.41 Å². The fourth-order valence-corrected chi connectivity index (χ4v) is 6.17. The highest BCUT2D eigenvalue weighted by Gasteiger charge is 2.60. The number of benzene rings is 3. The summed E-state index contributed by atoms with van der Waals surface area (Å²) in [7, 11) is 0. The van der Waals surface area contributed by atoms with Crippen LogP contribution in [-0.4, -0.2) is 35.6 Å². The van der Waals surface area contributed by atoms with Crippen molar-refractivity contribution < 1.29 is 44.5 Å². The highest BCUT2D eigenvalue weighted by Crippen LogP contribution is 2.57. The van der Waals surface area contributed by atoms with E-state index in [0.29, 0.717) is 0 Å². The van der Waals surface area contributed by atoms with Crippen molar-refractivity contribution >= 4 is 0 Å². The minimum Gasteiger partial charge on any atom is -1.00 e. The van der Waals surface area contributed by atoms with Gasteiger partial charge in [-0.2, -0.15) is 0 Å². The number of rotatable bonds is 6. The number of hydrogen-bond acceptors (Lipinski definition) is 2. The monoisotopic (exact) mass is 547 g/mol. The Kier molecular flexibility index (Phi) is 7.06. The van der Waals surface area contributed by atoms with Crippen molar-refractivity contribution in [2.75, 3.05) is 19.6 Å². The van der Waals surface area contributed by atoms with E-state index in [1.165, 1.54) is 12.1 Å². The highest BCUT2D eigenvalue weighted by molar-refractivity contribution is 5.39. The van der Waals surface area contributed by atoms with Crippen LogP contribution in [0.1, 0.15) is 36.0 Å². The third-order valence-corrected chi connectivity index (χ3v) is 8.02. The molecular formula is C28H29BrF3NO2. The van der Waals surface area contributed by atoms with Crippen LogP contribution in [0.15, 0.2) is 84.9 Å². The van der Waals surface area contributed by atoms with E-state index in [2.05, 4.69) is 4.74 Å². The molecule has 3 aromatic rings. The zero-order valence-corrected chi connectivity index (χ0v) is 20.9. The first kappa shape index (κ1) is 25.7. The average Bonchev–Trinajstić information content (AvgIpc) is 2.86. The molecule has 0 saturated carbocycles. The normalized spacial score (nSPS) is 24.0. The van der Waals surface area contributed by atoms with Crippen LogP contribution in [0.2, 0.25) is 0 Å². The zero-order valence-electron chi connectivity index (χ0n) is 19.3. The lowest BCUT2D eigenvalue weighted by molar-refractivity contribution is -0.958. The molecule has 0 aromatic heterocycles. The predicted octanol–water partition coefficient (Wildman–Crippen LogP) is 3.03. The number of hydrogen-bond donors (Lipinski definition) is 1. The Labute approximate surface area is 214 Å². The molecule has 7 heteroatoms.